The van der Waals surface area contributed by atoms with Crippen LogP contribution in [-0.4, -0.2) is 33.4 Å². The summed E-state index contributed by atoms with van der Waals surface area (Å²) in [5.41, 5.74) is 0.438. The quantitative estimate of drug-likeness (QED) is 0.305. The normalized spacial score (nSPS) is 15.1. The van der Waals surface area contributed by atoms with E-state index in [0.29, 0.717) is 31.3 Å². The fourth-order valence-electron chi connectivity index (χ4n) is 3.71. The molecule has 29 heavy (non-hydrogen) atoms. The lowest BCUT2D eigenvalue weighted by Gasteiger charge is -2.18. The van der Waals surface area contributed by atoms with Crippen molar-refractivity contribution in [2.75, 3.05) is 0 Å². The van der Waals surface area contributed by atoms with Gasteiger partial charge in [-0.1, -0.05) is 18.9 Å². The molecule has 0 heterocycles. The third-order valence-electron chi connectivity index (χ3n) is 6.08. The first kappa shape index (κ1) is 23.0. The number of aliphatic carboxylic acids is 1. The van der Waals surface area contributed by atoms with Gasteiger partial charge in [-0.25, -0.2) is 0 Å². The number of carboxylic acid groups (broad SMARTS) is 1. The Morgan fingerprint density at radius 1 is 1.10 bits per heavy atom. The summed E-state index contributed by atoms with van der Waals surface area (Å²) in [4.78, 5) is 21.7. The monoisotopic (exact) mass is 406 g/mol. The first-order chi connectivity index (χ1) is 13.7. The number of carbonyl (C=O) groups excluding carboxylic acids is 1. The van der Waals surface area contributed by atoms with E-state index in [1.165, 1.54) is 0 Å². The summed E-state index contributed by atoms with van der Waals surface area (Å²) in [7, 11) is 0. The van der Waals surface area contributed by atoms with Gasteiger partial charge in [-0.15, -0.1) is 0 Å². The fraction of sp³-hybridized carbons (Fsp3) is 0.652. The summed E-state index contributed by atoms with van der Waals surface area (Å²) in [6.45, 7) is 3.99. The first-order valence-corrected chi connectivity index (χ1v) is 10.6. The molecule has 2 rings (SSSR count). The van der Waals surface area contributed by atoms with Crippen molar-refractivity contribution in [2.45, 2.75) is 90.1 Å². The molecular weight excluding hydrogens is 372 g/mol. The van der Waals surface area contributed by atoms with E-state index in [9.17, 15) is 19.8 Å². The Balaban J connectivity index is 1.78. The Kier molecular flexibility index (Phi) is 7.94. The lowest BCUT2D eigenvalue weighted by molar-refractivity contribution is -0.147. The van der Waals surface area contributed by atoms with Gasteiger partial charge in [0.15, 0.2) is 0 Å². The smallest absolute Gasteiger partial charge is 0.309 e. The van der Waals surface area contributed by atoms with E-state index in [0.717, 1.165) is 56.9 Å². The van der Waals surface area contributed by atoms with Crippen molar-refractivity contribution in [3.8, 4) is 11.5 Å². The second-order valence-electron chi connectivity index (χ2n) is 8.92. The molecule has 0 aliphatic heterocycles. The van der Waals surface area contributed by atoms with Crippen molar-refractivity contribution >= 4 is 12.4 Å². The molecule has 1 aliphatic rings. The van der Waals surface area contributed by atoms with Crippen LogP contribution in [0, 0.1) is 5.41 Å². The number of ether oxygens (including phenoxy) is 1. The van der Waals surface area contributed by atoms with Crippen LogP contribution in [0.15, 0.2) is 12.1 Å². The molecule has 0 unspecified atom stereocenters. The van der Waals surface area contributed by atoms with Crippen LogP contribution in [0.4, 0.5) is 0 Å². The predicted octanol–water partition coefficient (Wildman–Crippen LogP) is 4.73. The minimum Gasteiger partial charge on any atom is -0.508 e. The lowest BCUT2D eigenvalue weighted by atomic mass is 9.87. The number of carbonyl (C=O) groups is 2. The van der Waals surface area contributed by atoms with Gasteiger partial charge < -0.3 is 20.1 Å². The minimum absolute atomic E-state index is 0.105. The SMILES string of the molecule is CC(C)(CCCCCc1c(O)ccc(CCCCC2(OC=O)CC2)c1O)C(=O)O. The van der Waals surface area contributed by atoms with Gasteiger partial charge in [0.2, 0.25) is 0 Å². The van der Waals surface area contributed by atoms with Crippen molar-refractivity contribution < 1.29 is 29.6 Å². The van der Waals surface area contributed by atoms with Crippen LogP contribution >= 0.6 is 0 Å². The number of hydrogen-bond acceptors (Lipinski definition) is 5. The number of hydrogen-bond donors (Lipinski definition) is 3. The minimum atomic E-state index is -0.786. The standard InChI is InChI=1S/C23H34O6/c1-22(2,21(27)28)12-6-3-4-9-18-19(25)11-10-17(20(18)26)8-5-7-13-23(14-15-23)29-16-24/h10-11,16,25-26H,3-9,12-15H2,1-2H3,(H,27,28). The summed E-state index contributed by atoms with van der Waals surface area (Å²) < 4.78 is 5.15. The van der Waals surface area contributed by atoms with Crippen LogP contribution in [0.5, 0.6) is 11.5 Å². The molecule has 1 fully saturated rings. The highest BCUT2D eigenvalue weighted by Crippen LogP contribution is 2.43. The molecule has 1 saturated carbocycles. The number of phenols is 2. The van der Waals surface area contributed by atoms with Gasteiger partial charge in [0.05, 0.1) is 5.41 Å². The van der Waals surface area contributed by atoms with Crippen LogP contribution in [0.2, 0.25) is 0 Å². The maximum atomic E-state index is 11.1. The Morgan fingerprint density at radius 2 is 1.79 bits per heavy atom. The average molecular weight is 407 g/mol. The topological polar surface area (TPSA) is 104 Å². The summed E-state index contributed by atoms with van der Waals surface area (Å²) >= 11 is 0. The van der Waals surface area contributed by atoms with Crippen LogP contribution < -0.4 is 0 Å². The molecule has 1 aromatic rings. The number of carboxylic acids is 1. The van der Waals surface area contributed by atoms with E-state index in [4.69, 9.17) is 9.84 Å². The molecule has 1 aliphatic carbocycles. The molecule has 0 spiro atoms. The molecule has 0 saturated heterocycles. The Labute approximate surface area is 172 Å². The maximum absolute atomic E-state index is 11.1. The van der Waals surface area contributed by atoms with Crippen LogP contribution in [0.1, 0.15) is 82.8 Å². The van der Waals surface area contributed by atoms with E-state index < -0.39 is 11.4 Å². The zero-order chi connectivity index (χ0) is 21.5. The van der Waals surface area contributed by atoms with E-state index in [1.54, 1.807) is 26.0 Å². The van der Waals surface area contributed by atoms with Crippen LogP contribution in [0.3, 0.4) is 0 Å². The van der Waals surface area contributed by atoms with Crippen molar-refractivity contribution in [1.82, 2.24) is 0 Å². The fourth-order valence-corrected chi connectivity index (χ4v) is 3.71. The molecule has 162 valence electrons. The number of phenolic OH excluding ortho intramolecular Hbond substituents is 2. The Hall–Kier alpha value is -2.24. The molecule has 0 radical (unpaired) electrons. The number of rotatable bonds is 14. The van der Waals surface area contributed by atoms with Crippen LogP contribution in [-0.2, 0) is 27.2 Å². The molecular formula is C23H34O6. The predicted molar refractivity (Wildman–Crippen MR) is 110 cm³/mol. The van der Waals surface area contributed by atoms with Gasteiger partial charge in [-0.2, -0.15) is 0 Å². The molecule has 1 aromatic carbocycles. The lowest BCUT2D eigenvalue weighted by Crippen LogP contribution is -2.23. The number of benzene rings is 1. The zero-order valence-corrected chi connectivity index (χ0v) is 17.6. The van der Waals surface area contributed by atoms with Crippen molar-refractivity contribution in [2.24, 2.45) is 5.41 Å². The third kappa shape index (κ3) is 6.65. The summed E-state index contributed by atoms with van der Waals surface area (Å²) in [5.74, 6) is -0.514. The molecule has 6 heteroatoms. The molecule has 3 N–H and O–H groups in total. The number of unbranched alkanes of at least 4 members (excludes halogenated alkanes) is 3. The van der Waals surface area contributed by atoms with E-state index in [2.05, 4.69) is 0 Å². The Bertz CT molecular complexity index is 706. The summed E-state index contributed by atoms with van der Waals surface area (Å²) in [5, 5.41) is 29.9. The zero-order valence-electron chi connectivity index (χ0n) is 17.6. The highest BCUT2D eigenvalue weighted by molar-refractivity contribution is 5.73. The van der Waals surface area contributed by atoms with Crippen LogP contribution in [0.25, 0.3) is 0 Å². The van der Waals surface area contributed by atoms with Crippen molar-refractivity contribution in [3.63, 3.8) is 0 Å². The average Bonchev–Trinajstić information content (AvgIpc) is 3.42. The first-order valence-electron chi connectivity index (χ1n) is 10.6. The molecule has 0 amide bonds. The molecule has 0 atom stereocenters. The van der Waals surface area contributed by atoms with Gasteiger partial charge in [-0.05, 0) is 83.3 Å². The van der Waals surface area contributed by atoms with Crippen molar-refractivity contribution in [1.29, 1.82) is 0 Å². The Morgan fingerprint density at radius 3 is 2.41 bits per heavy atom. The highest BCUT2D eigenvalue weighted by atomic mass is 16.5. The van der Waals surface area contributed by atoms with Gasteiger partial charge >= 0.3 is 5.97 Å². The van der Waals surface area contributed by atoms with Gasteiger partial charge in [0.1, 0.15) is 17.1 Å². The molecule has 0 bridgehead atoms. The largest absolute Gasteiger partial charge is 0.508 e. The highest BCUT2D eigenvalue weighted by Gasteiger charge is 2.44. The van der Waals surface area contributed by atoms with Gasteiger partial charge in [0, 0.05) is 5.56 Å². The van der Waals surface area contributed by atoms with E-state index >= 15 is 0 Å². The van der Waals surface area contributed by atoms with E-state index in [-0.39, 0.29) is 17.1 Å². The third-order valence-corrected chi connectivity index (χ3v) is 6.08. The number of aromatic hydroxyl groups is 2. The molecule has 6 nitrogen and oxygen atoms in total. The van der Waals surface area contributed by atoms with E-state index in [1.807, 2.05) is 0 Å². The maximum Gasteiger partial charge on any atom is 0.309 e. The van der Waals surface area contributed by atoms with Gasteiger partial charge in [-0.3, -0.25) is 9.59 Å². The second kappa shape index (κ2) is 9.99. The number of aryl methyl sites for hydroxylation is 1. The second-order valence-corrected chi connectivity index (χ2v) is 8.92. The summed E-state index contributed by atoms with van der Waals surface area (Å²) in [6, 6.07) is 3.40. The van der Waals surface area contributed by atoms with Gasteiger partial charge in [0.25, 0.3) is 6.47 Å². The van der Waals surface area contributed by atoms with Crippen molar-refractivity contribution in [3.05, 3.63) is 23.3 Å². The summed E-state index contributed by atoms with van der Waals surface area (Å²) in [6.07, 6.45) is 8.83. The molecule has 0 aromatic heterocycles.